The number of carbonyl (C=O) groups is 1. The highest BCUT2D eigenvalue weighted by Crippen LogP contribution is 2.21. The van der Waals surface area contributed by atoms with Crippen molar-refractivity contribution >= 4 is 5.91 Å². The third kappa shape index (κ3) is 2.94. The van der Waals surface area contributed by atoms with Gasteiger partial charge in [-0.05, 0) is 38.0 Å². The molecule has 1 amide bonds. The highest BCUT2D eigenvalue weighted by molar-refractivity contribution is 5.95. The summed E-state index contributed by atoms with van der Waals surface area (Å²) in [6.45, 7) is 2.92. The zero-order valence-electron chi connectivity index (χ0n) is 10.9. The van der Waals surface area contributed by atoms with E-state index in [0.717, 1.165) is 12.8 Å². The molecule has 1 atom stereocenters. The fourth-order valence-corrected chi connectivity index (χ4v) is 2.31. The second kappa shape index (κ2) is 5.85. The molecular formula is C15H17FN2O. The maximum Gasteiger partial charge on any atom is 0.257 e. The smallest absolute Gasteiger partial charge is 0.257 e. The summed E-state index contributed by atoms with van der Waals surface area (Å²) in [5.41, 5.74) is 6.01. The highest BCUT2D eigenvalue weighted by Gasteiger charge is 2.27. The first-order valence-electron chi connectivity index (χ1n) is 6.43. The summed E-state index contributed by atoms with van der Waals surface area (Å²) in [6.07, 6.45) is 1.95. The van der Waals surface area contributed by atoms with Gasteiger partial charge in [0.1, 0.15) is 5.82 Å². The summed E-state index contributed by atoms with van der Waals surface area (Å²) in [7, 11) is 0. The Morgan fingerprint density at radius 2 is 2.37 bits per heavy atom. The van der Waals surface area contributed by atoms with E-state index in [1.807, 2.05) is 6.92 Å². The van der Waals surface area contributed by atoms with Gasteiger partial charge in [-0.2, -0.15) is 0 Å². The van der Waals surface area contributed by atoms with Gasteiger partial charge < -0.3 is 10.6 Å². The van der Waals surface area contributed by atoms with E-state index in [0.29, 0.717) is 12.1 Å². The molecule has 0 aliphatic carbocycles. The van der Waals surface area contributed by atoms with E-state index in [9.17, 15) is 9.18 Å². The van der Waals surface area contributed by atoms with Crippen LogP contribution >= 0.6 is 0 Å². The second-order valence-electron chi connectivity index (χ2n) is 4.69. The topological polar surface area (TPSA) is 46.3 Å². The predicted molar refractivity (Wildman–Crippen MR) is 72.1 cm³/mol. The van der Waals surface area contributed by atoms with Crippen molar-refractivity contribution in [3.8, 4) is 11.8 Å². The number of benzene rings is 1. The molecule has 4 heteroatoms. The van der Waals surface area contributed by atoms with Crippen LogP contribution in [0.5, 0.6) is 0 Å². The monoisotopic (exact) mass is 260 g/mol. The molecule has 1 heterocycles. The Hall–Kier alpha value is -1.86. The average molecular weight is 260 g/mol. The van der Waals surface area contributed by atoms with Gasteiger partial charge in [-0.15, -0.1) is 0 Å². The molecule has 0 spiro atoms. The summed E-state index contributed by atoms with van der Waals surface area (Å²) in [6, 6.07) is 4.52. The summed E-state index contributed by atoms with van der Waals surface area (Å²) >= 11 is 0. The lowest BCUT2D eigenvalue weighted by atomic mass is 10.1. The van der Waals surface area contributed by atoms with Crippen molar-refractivity contribution in [3.63, 3.8) is 0 Å². The molecule has 0 aromatic heterocycles. The van der Waals surface area contributed by atoms with Gasteiger partial charge in [0, 0.05) is 18.2 Å². The molecule has 2 rings (SSSR count). The van der Waals surface area contributed by atoms with Crippen LogP contribution in [0.3, 0.4) is 0 Å². The van der Waals surface area contributed by atoms with Crippen LogP contribution in [0.2, 0.25) is 0 Å². The van der Waals surface area contributed by atoms with Gasteiger partial charge >= 0.3 is 0 Å². The number of rotatable bonds is 1. The molecule has 1 fully saturated rings. The molecule has 3 nitrogen and oxygen atoms in total. The Labute approximate surface area is 112 Å². The third-order valence-corrected chi connectivity index (χ3v) is 3.35. The summed E-state index contributed by atoms with van der Waals surface area (Å²) in [4.78, 5) is 14.0. The first-order chi connectivity index (χ1) is 9.13. The molecule has 1 aliphatic heterocycles. The first kappa shape index (κ1) is 13.6. The number of halogens is 1. The predicted octanol–water partition coefficient (Wildman–Crippen LogP) is 1.76. The fourth-order valence-electron chi connectivity index (χ4n) is 2.31. The Bertz CT molecular complexity index is 545. The summed E-state index contributed by atoms with van der Waals surface area (Å²) in [5.74, 6) is 4.77. The number of nitrogens with two attached hydrogens (primary N) is 1. The van der Waals surface area contributed by atoms with Gasteiger partial charge in [0.15, 0.2) is 0 Å². The largest absolute Gasteiger partial charge is 0.336 e. The molecular weight excluding hydrogens is 243 g/mol. The van der Waals surface area contributed by atoms with Gasteiger partial charge in [0.25, 0.3) is 5.91 Å². The number of carbonyl (C=O) groups excluding carboxylic acids is 1. The molecule has 1 aliphatic rings. The summed E-state index contributed by atoms with van der Waals surface area (Å²) < 4.78 is 13.8. The van der Waals surface area contributed by atoms with Crippen LogP contribution in [0, 0.1) is 17.7 Å². The van der Waals surface area contributed by atoms with Crippen LogP contribution in [0.25, 0.3) is 0 Å². The van der Waals surface area contributed by atoms with Crippen molar-refractivity contribution in [3.05, 3.63) is 35.1 Å². The zero-order valence-corrected chi connectivity index (χ0v) is 10.9. The molecule has 0 radical (unpaired) electrons. The van der Waals surface area contributed by atoms with Crippen molar-refractivity contribution in [2.75, 3.05) is 13.1 Å². The lowest BCUT2D eigenvalue weighted by Gasteiger charge is -2.21. The van der Waals surface area contributed by atoms with Crippen molar-refractivity contribution in [1.82, 2.24) is 4.90 Å². The number of hydrogen-bond acceptors (Lipinski definition) is 2. The highest BCUT2D eigenvalue weighted by atomic mass is 19.1. The van der Waals surface area contributed by atoms with E-state index in [2.05, 4.69) is 11.8 Å². The second-order valence-corrected chi connectivity index (χ2v) is 4.69. The van der Waals surface area contributed by atoms with Crippen molar-refractivity contribution in [1.29, 1.82) is 0 Å². The number of hydrogen-bond donors (Lipinski definition) is 1. The van der Waals surface area contributed by atoms with Gasteiger partial charge in [-0.3, -0.25) is 4.79 Å². The van der Waals surface area contributed by atoms with Crippen LogP contribution in [-0.2, 0) is 0 Å². The van der Waals surface area contributed by atoms with Gasteiger partial charge in [-0.25, -0.2) is 4.39 Å². The quantitative estimate of drug-likeness (QED) is 0.782. The van der Waals surface area contributed by atoms with E-state index in [-0.39, 0.29) is 24.1 Å². The maximum atomic E-state index is 13.8. The van der Waals surface area contributed by atoms with Crippen molar-refractivity contribution in [2.45, 2.75) is 25.8 Å². The van der Waals surface area contributed by atoms with Gasteiger partial charge in [0.05, 0.1) is 12.1 Å². The van der Waals surface area contributed by atoms with Crippen molar-refractivity contribution in [2.24, 2.45) is 5.73 Å². The van der Waals surface area contributed by atoms with Crippen LogP contribution in [-0.4, -0.2) is 29.9 Å². The minimum absolute atomic E-state index is 0.0950. The molecule has 2 N–H and O–H groups in total. The fraction of sp³-hybridized carbons (Fsp3) is 0.400. The zero-order chi connectivity index (χ0) is 13.8. The Morgan fingerprint density at radius 3 is 3.00 bits per heavy atom. The van der Waals surface area contributed by atoms with Gasteiger partial charge in [-0.1, -0.05) is 11.8 Å². The maximum absolute atomic E-state index is 13.8. The third-order valence-electron chi connectivity index (χ3n) is 3.35. The normalized spacial score (nSPS) is 18.1. The number of nitrogens with zero attached hydrogens (tertiary/aromatic N) is 1. The number of amides is 1. The van der Waals surface area contributed by atoms with E-state index < -0.39 is 5.82 Å². The molecule has 100 valence electrons. The minimum atomic E-state index is -0.498. The molecule has 1 unspecified atom stereocenters. The first-order valence-corrected chi connectivity index (χ1v) is 6.43. The molecule has 19 heavy (non-hydrogen) atoms. The minimum Gasteiger partial charge on any atom is -0.336 e. The van der Waals surface area contributed by atoms with Crippen LogP contribution in [0.15, 0.2) is 18.2 Å². The molecule has 1 aromatic carbocycles. The molecule has 1 saturated heterocycles. The average Bonchev–Trinajstić information content (AvgIpc) is 2.83. The lowest BCUT2D eigenvalue weighted by molar-refractivity contribution is 0.0742. The summed E-state index contributed by atoms with van der Waals surface area (Å²) in [5, 5.41) is 0. The SMILES string of the molecule is CC1CCCN1C(=O)c1cc(C#CCN)ccc1F. The standard InChI is InChI=1S/C15H17FN2O/c1-11-4-3-9-18(11)15(19)13-10-12(5-2-8-17)6-7-14(13)16/h6-7,10-11H,3-4,8-9,17H2,1H3. The Kier molecular flexibility index (Phi) is 4.18. The van der Waals surface area contributed by atoms with Crippen molar-refractivity contribution < 1.29 is 9.18 Å². The van der Waals surface area contributed by atoms with E-state index >= 15 is 0 Å². The van der Waals surface area contributed by atoms with Crippen LogP contribution in [0.1, 0.15) is 35.7 Å². The van der Waals surface area contributed by atoms with E-state index in [1.165, 1.54) is 12.1 Å². The Balaban J connectivity index is 2.30. The Morgan fingerprint density at radius 1 is 1.58 bits per heavy atom. The lowest BCUT2D eigenvalue weighted by Crippen LogP contribution is -2.34. The van der Waals surface area contributed by atoms with Crippen LogP contribution in [0.4, 0.5) is 4.39 Å². The van der Waals surface area contributed by atoms with E-state index in [1.54, 1.807) is 11.0 Å². The molecule has 1 aromatic rings. The van der Waals surface area contributed by atoms with E-state index in [4.69, 9.17) is 5.73 Å². The molecule has 0 saturated carbocycles. The molecule has 0 bridgehead atoms. The van der Waals surface area contributed by atoms with Crippen LogP contribution < -0.4 is 5.73 Å². The number of likely N-dealkylation sites (tertiary alicyclic amines) is 1. The van der Waals surface area contributed by atoms with Gasteiger partial charge in [0.2, 0.25) is 0 Å².